The van der Waals surface area contributed by atoms with Crippen molar-refractivity contribution in [3.63, 3.8) is 0 Å². The van der Waals surface area contributed by atoms with Gasteiger partial charge in [0.1, 0.15) is 17.3 Å². The third kappa shape index (κ3) is 3.81. The summed E-state index contributed by atoms with van der Waals surface area (Å²) in [6.07, 6.45) is 3.77. The van der Waals surface area contributed by atoms with Gasteiger partial charge in [-0.15, -0.1) is 0 Å². The first kappa shape index (κ1) is 19.1. The minimum atomic E-state index is -3.71. The fourth-order valence-corrected chi connectivity index (χ4v) is 5.45. The number of aromatic nitrogens is 2. The lowest BCUT2D eigenvalue weighted by Crippen LogP contribution is -2.45. The highest BCUT2D eigenvalue weighted by molar-refractivity contribution is 7.89. The van der Waals surface area contributed by atoms with Crippen LogP contribution < -0.4 is 5.73 Å². The zero-order chi connectivity index (χ0) is 19.9. The summed E-state index contributed by atoms with van der Waals surface area (Å²) in [6, 6.07) is 6.13. The van der Waals surface area contributed by atoms with E-state index in [0.717, 1.165) is 18.6 Å². The molecule has 1 aliphatic heterocycles. The van der Waals surface area contributed by atoms with Crippen LogP contribution in [-0.4, -0.2) is 41.2 Å². The Balaban J connectivity index is 1.40. The largest absolute Gasteiger partial charge is 0.384 e. The molecule has 1 saturated carbocycles. The number of ketones is 1. The highest BCUT2D eigenvalue weighted by Gasteiger charge is 2.36. The maximum Gasteiger partial charge on any atom is 0.260 e. The van der Waals surface area contributed by atoms with Gasteiger partial charge in [-0.2, -0.15) is 4.31 Å². The molecule has 0 bridgehead atoms. The molecule has 2 aromatic heterocycles. The standard InChI is InChI=1S/C19H24N4O4S/c1-12-9-13(10-16(24)15-11-17(27-22-15)14-5-6-14)7-8-23(12)28(25,26)19-4-2-3-18(20)21-19/h2-4,11-14H,5-10H2,1H3,(H2,20,21)/t12-,13-/m0/s1. The molecular formula is C19H24N4O4S. The molecule has 0 spiro atoms. The Kier molecular flexibility index (Phi) is 4.96. The number of nitrogens with two attached hydrogens (primary N) is 1. The lowest BCUT2D eigenvalue weighted by molar-refractivity contribution is 0.0923. The number of sulfonamides is 1. The number of nitrogens with zero attached hydrogens (tertiary/aromatic N) is 3. The maximum absolute atomic E-state index is 12.9. The molecule has 28 heavy (non-hydrogen) atoms. The van der Waals surface area contributed by atoms with E-state index in [1.165, 1.54) is 10.4 Å². The van der Waals surface area contributed by atoms with E-state index in [9.17, 15) is 13.2 Å². The maximum atomic E-state index is 12.9. The predicted molar refractivity (Wildman–Crippen MR) is 102 cm³/mol. The number of pyridine rings is 1. The summed E-state index contributed by atoms with van der Waals surface area (Å²) in [5, 5.41) is 3.88. The fraction of sp³-hybridized carbons (Fsp3) is 0.526. The average molecular weight is 404 g/mol. The van der Waals surface area contributed by atoms with Gasteiger partial charge >= 0.3 is 0 Å². The minimum Gasteiger partial charge on any atom is -0.384 e. The number of carbonyl (C=O) groups excluding carboxylic acids is 1. The van der Waals surface area contributed by atoms with Gasteiger partial charge in [0.25, 0.3) is 10.0 Å². The molecule has 9 heteroatoms. The topological polar surface area (TPSA) is 119 Å². The predicted octanol–water partition coefficient (Wildman–Crippen LogP) is 2.59. The second kappa shape index (κ2) is 7.29. The number of rotatable bonds is 6. The quantitative estimate of drug-likeness (QED) is 0.735. The van der Waals surface area contributed by atoms with Gasteiger partial charge < -0.3 is 10.3 Å². The molecule has 2 aromatic rings. The molecule has 4 rings (SSSR count). The number of piperidine rings is 1. The molecule has 0 unspecified atom stereocenters. The van der Waals surface area contributed by atoms with E-state index in [1.54, 1.807) is 18.2 Å². The monoisotopic (exact) mass is 404 g/mol. The third-order valence-corrected chi connectivity index (χ3v) is 7.43. The Hall–Kier alpha value is -2.26. The van der Waals surface area contributed by atoms with E-state index in [1.807, 2.05) is 6.92 Å². The summed E-state index contributed by atoms with van der Waals surface area (Å²) >= 11 is 0. The number of carbonyl (C=O) groups is 1. The summed E-state index contributed by atoms with van der Waals surface area (Å²) < 4.78 is 32.5. The Morgan fingerprint density at radius 2 is 2.11 bits per heavy atom. The van der Waals surface area contributed by atoms with Crippen LogP contribution in [0.2, 0.25) is 0 Å². The zero-order valence-corrected chi connectivity index (χ0v) is 16.6. The SMILES string of the molecule is C[C@H]1C[C@@H](CC(=O)c2cc(C3CC3)on2)CCN1S(=O)(=O)c1cccc(N)n1. The first-order valence-corrected chi connectivity index (χ1v) is 11.0. The normalized spacial score (nSPS) is 23.6. The lowest BCUT2D eigenvalue weighted by atomic mass is 9.88. The summed E-state index contributed by atoms with van der Waals surface area (Å²) in [6.45, 7) is 2.21. The first-order chi connectivity index (χ1) is 13.3. The smallest absolute Gasteiger partial charge is 0.260 e. The number of anilines is 1. The summed E-state index contributed by atoms with van der Waals surface area (Å²) in [4.78, 5) is 16.5. The second-order valence-electron chi connectivity index (χ2n) is 7.77. The van der Waals surface area contributed by atoms with Gasteiger partial charge in [0.05, 0.1) is 0 Å². The van der Waals surface area contributed by atoms with Gasteiger partial charge in [-0.1, -0.05) is 11.2 Å². The van der Waals surface area contributed by atoms with Gasteiger partial charge in [-0.05, 0) is 50.7 Å². The van der Waals surface area contributed by atoms with E-state index in [4.69, 9.17) is 10.3 Å². The van der Waals surface area contributed by atoms with Crippen LogP contribution in [0.15, 0.2) is 33.8 Å². The van der Waals surface area contributed by atoms with Crippen molar-refractivity contribution in [2.45, 2.75) is 56.0 Å². The van der Waals surface area contributed by atoms with Crippen LogP contribution in [0, 0.1) is 5.92 Å². The molecule has 2 N–H and O–H groups in total. The summed E-state index contributed by atoms with van der Waals surface area (Å²) in [5.41, 5.74) is 6.01. The van der Waals surface area contributed by atoms with Crippen LogP contribution in [0.3, 0.4) is 0 Å². The van der Waals surface area contributed by atoms with Crippen LogP contribution in [0.25, 0.3) is 0 Å². The minimum absolute atomic E-state index is 0.0379. The second-order valence-corrected chi connectivity index (χ2v) is 9.61. The third-order valence-electron chi connectivity index (χ3n) is 5.51. The van der Waals surface area contributed by atoms with Crippen LogP contribution in [-0.2, 0) is 10.0 Å². The van der Waals surface area contributed by atoms with Crippen molar-refractivity contribution in [2.24, 2.45) is 5.92 Å². The van der Waals surface area contributed by atoms with E-state index < -0.39 is 10.0 Å². The number of hydrogen-bond donors (Lipinski definition) is 1. The fourth-order valence-electron chi connectivity index (χ4n) is 3.83. The van der Waals surface area contributed by atoms with Gasteiger partial charge in [-0.3, -0.25) is 4.79 Å². The molecule has 0 amide bonds. The Bertz CT molecular complexity index is 983. The molecule has 1 aliphatic carbocycles. The number of Topliss-reactive ketones (excluding diaryl/α,β-unsaturated/α-hetero) is 1. The zero-order valence-electron chi connectivity index (χ0n) is 15.7. The van der Waals surface area contributed by atoms with Crippen molar-refractivity contribution in [3.05, 3.63) is 35.7 Å². The summed E-state index contributed by atoms with van der Waals surface area (Å²) in [7, 11) is -3.71. The van der Waals surface area contributed by atoms with E-state index in [2.05, 4.69) is 10.1 Å². The van der Waals surface area contributed by atoms with Gasteiger partial charge in [0.2, 0.25) is 0 Å². The van der Waals surface area contributed by atoms with Gasteiger partial charge in [0.15, 0.2) is 10.8 Å². The van der Waals surface area contributed by atoms with Crippen molar-refractivity contribution in [1.29, 1.82) is 0 Å². The first-order valence-electron chi connectivity index (χ1n) is 9.59. The van der Waals surface area contributed by atoms with Crippen molar-refractivity contribution in [1.82, 2.24) is 14.4 Å². The van der Waals surface area contributed by atoms with Crippen LogP contribution in [0.1, 0.15) is 61.2 Å². The van der Waals surface area contributed by atoms with Crippen molar-refractivity contribution < 1.29 is 17.7 Å². The van der Waals surface area contributed by atoms with Gasteiger partial charge in [0, 0.05) is 31.0 Å². The molecular weight excluding hydrogens is 380 g/mol. The molecule has 3 heterocycles. The molecule has 150 valence electrons. The lowest BCUT2D eigenvalue weighted by Gasteiger charge is -2.36. The van der Waals surface area contributed by atoms with Crippen LogP contribution >= 0.6 is 0 Å². The molecule has 8 nitrogen and oxygen atoms in total. The molecule has 2 fully saturated rings. The molecule has 0 radical (unpaired) electrons. The molecule has 2 aliphatic rings. The highest BCUT2D eigenvalue weighted by atomic mass is 32.2. The summed E-state index contributed by atoms with van der Waals surface area (Å²) in [5.74, 6) is 1.47. The molecule has 1 saturated heterocycles. The number of hydrogen-bond acceptors (Lipinski definition) is 7. The Labute approximate surface area is 164 Å². The number of nitrogen functional groups attached to an aromatic ring is 1. The Morgan fingerprint density at radius 1 is 1.32 bits per heavy atom. The van der Waals surface area contributed by atoms with Gasteiger partial charge in [-0.25, -0.2) is 13.4 Å². The van der Waals surface area contributed by atoms with E-state index >= 15 is 0 Å². The van der Waals surface area contributed by atoms with E-state index in [0.29, 0.717) is 37.4 Å². The van der Waals surface area contributed by atoms with Crippen LogP contribution in [0.4, 0.5) is 5.82 Å². The van der Waals surface area contributed by atoms with Crippen molar-refractivity contribution in [2.75, 3.05) is 12.3 Å². The van der Waals surface area contributed by atoms with E-state index in [-0.39, 0.29) is 28.6 Å². The molecule has 2 atom stereocenters. The van der Waals surface area contributed by atoms with Crippen LogP contribution in [0.5, 0.6) is 0 Å². The highest BCUT2D eigenvalue weighted by Crippen LogP contribution is 2.40. The Morgan fingerprint density at radius 3 is 2.79 bits per heavy atom. The molecule has 0 aromatic carbocycles. The van der Waals surface area contributed by atoms with Crippen molar-refractivity contribution >= 4 is 21.6 Å². The van der Waals surface area contributed by atoms with Crippen molar-refractivity contribution in [3.8, 4) is 0 Å². The average Bonchev–Trinajstić information content (AvgIpc) is 3.38.